The van der Waals surface area contributed by atoms with Gasteiger partial charge in [0.25, 0.3) is 0 Å². The Hall–Kier alpha value is -3.54. The van der Waals surface area contributed by atoms with Crippen molar-refractivity contribution in [2.45, 2.75) is 0 Å². The molecule has 0 unspecified atom stereocenters. The van der Waals surface area contributed by atoms with E-state index in [1.54, 1.807) is 7.11 Å². The summed E-state index contributed by atoms with van der Waals surface area (Å²) < 4.78 is 32.8. The number of anilines is 2. The van der Waals surface area contributed by atoms with Gasteiger partial charge in [-0.25, -0.2) is 18.7 Å². The Morgan fingerprint density at radius 1 is 0.889 bits per heavy atom. The first kappa shape index (κ1) is 16.9. The summed E-state index contributed by atoms with van der Waals surface area (Å²) in [5.74, 6) is 0.490. The lowest BCUT2D eigenvalue weighted by molar-refractivity contribution is 0.415. The van der Waals surface area contributed by atoms with Gasteiger partial charge in [0, 0.05) is 17.0 Å². The highest BCUT2D eigenvalue weighted by atomic mass is 19.1. The highest BCUT2D eigenvalue weighted by Crippen LogP contribution is 2.29. The Bertz CT molecular complexity index is 1110. The molecule has 134 valence electrons. The van der Waals surface area contributed by atoms with Crippen molar-refractivity contribution in [3.8, 4) is 17.1 Å². The first-order valence-electron chi connectivity index (χ1n) is 8.27. The summed E-state index contributed by atoms with van der Waals surface area (Å²) in [5, 5.41) is 3.60. The lowest BCUT2D eigenvalue weighted by atomic mass is 10.1. The standard InChI is InChI=1S/C21H15F2N3O/c1-27-15-9-6-13(7-10-15)20-24-18-5-3-2-4-16(18)21(26-20)25-19-12-14(22)8-11-17(19)23/h2-12H,1H3,(H,24,25,26). The highest BCUT2D eigenvalue weighted by molar-refractivity contribution is 5.92. The van der Waals surface area contributed by atoms with Crippen molar-refractivity contribution in [2.75, 3.05) is 12.4 Å². The molecule has 0 saturated carbocycles. The Morgan fingerprint density at radius 3 is 2.44 bits per heavy atom. The number of aromatic nitrogens is 2. The van der Waals surface area contributed by atoms with Gasteiger partial charge in [0.15, 0.2) is 5.82 Å². The first-order valence-corrected chi connectivity index (χ1v) is 8.27. The van der Waals surface area contributed by atoms with Crippen LogP contribution in [0.1, 0.15) is 0 Å². The number of nitrogens with one attached hydrogen (secondary N) is 1. The molecule has 0 aliphatic heterocycles. The number of hydrogen-bond donors (Lipinski definition) is 1. The van der Waals surface area contributed by atoms with Gasteiger partial charge in [-0.15, -0.1) is 0 Å². The number of hydrogen-bond acceptors (Lipinski definition) is 4. The number of methoxy groups -OCH3 is 1. The van der Waals surface area contributed by atoms with Crippen molar-refractivity contribution < 1.29 is 13.5 Å². The van der Waals surface area contributed by atoms with Crippen molar-refractivity contribution in [3.05, 3.63) is 78.4 Å². The van der Waals surface area contributed by atoms with Gasteiger partial charge in [0.05, 0.1) is 18.3 Å². The zero-order valence-electron chi connectivity index (χ0n) is 14.4. The predicted molar refractivity (Wildman–Crippen MR) is 101 cm³/mol. The molecule has 1 N–H and O–H groups in total. The molecule has 6 heteroatoms. The molecule has 3 aromatic carbocycles. The fraction of sp³-hybridized carbons (Fsp3) is 0.0476. The number of para-hydroxylation sites is 1. The van der Waals surface area contributed by atoms with E-state index in [9.17, 15) is 8.78 Å². The van der Waals surface area contributed by atoms with Crippen molar-refractivity contribution in [1.29, 1.82) is 0 Å². The SMILES string of the molecule is COc1ccc(-c2nc(Nc3cc(F)ccc3F)c3ccccc3n2)cc1. The van der Waals surface area contributed by atoms with Crippen LogP contribution in [0.15, 0.2) is 66.7 Å². The third-order valence-corrected chi connectivity index (χ3v) is 4.13. The van der Waals surface area contributed by atoms with Gasteiger partial charge in [-0.1, -0.05) is 12.1 Å². The summed E-state index contributed by atoms with van der Waals surface area (Å²) in [6, 6.07) is 17.9. The van der Waals surface area contributed by atoms with Gasteiger partial charge in [-0.3, -0.25) is 0 Å². The maximum absolute atomic E-state index is 14.1. The highest BCUT2D eigenvalue weighted by Gasteiger charge is 2.12. The second-order valence-electron chi connectivity index (χ2n) is 5.89. The topological polar surface area (TPSA) is 47.0 Å². The molecule has 0 saturated heterocycles. The molecule has 4 rings (SSSR count). The molecule has 0 spiro atoms. The van der Waals surface area contributed by atoms with E-state index in [0.29, 0.717) is 22.5 Å². The molecule has 0 fully saturated rings. The van der Waals surface area contributed by atoms with E-state index in [1.807, 2.05) is 48.5 Å². The van der Waals surface area contributed by atoms with Crippen LogP contribution in [-0.2, 0) is 0 Å². The lowest BCUT2D eigenvalue weighted by Crippen LogP contribution is -2.01. The van der Waals surface area contributed by atoms with Crippen LogP contribution in [-0.4, -0.2) is 17.1 Å². The molecular weight excluding hydrogens is 348 g/mol. The molecule has 27 heavy (non-hydrogen) atoms. The van der Waals surface area contributed by atoms with Crippen molar-refractivity contribution in [3.63, 3.8) is 0 Å². The number of benzene rings is 3. The molecule has 1 aromatic heterocycles. The summed E-state index contributed by atoms with van der Waals surface area (Å²) in [6.07, 6.45) is 0. The molecule has 0 bridgehead atoms. The van der Waals surface area contributed by atoms with Crippen LogP contribution in [0.4, 0.5) is 20.3 Å². The fourth-order valence-corrected chi connectivity index (χ4v) is 2.76. The van der Waals surface area contributed by atoms with Crippen LogP contribution in [0.25, 0.3) is 22.3 Å². The summed E-state index contributed by atoms with van der Waals surface area (Å²) in [6.45, 7) is 0. The second-order valence-corrected chi connectivity index (χ2v) is 5.89. The minimum atomic E-state index is -0.565. The smallest absolute Gasteiger partial charge is 0.162 e. The van der Waals surface area contributed by atoms with Gasteiger partial charge in [-0.2, -0.15) is 0 Å². The van der Waals surface area contributed by atoms with E-state index < -0.39 is 11.6 Å². The summed E-state index contributed by atoms with van der Waals surface area (Å²) >= 11 is 0. The third-order valence-electron chi connectivity index (χ3n) is 4.13. The number of halogens is 2. The van der Waals surface area contributed by atoms with Gasteiger partial charge < -0.3 is 10.1 Å². The number of fused-ring (bicyclic) bond motifs is 1. The predicted octanol–water partition coefficient (Wildman–Crippen LogP) is 5.33. The van der Waals surface area contributed by atoms with E-state index in [2.05, 4.69) is 15.3 Å². The van der Waals surface area contributed by atoms with Crippen LogP contribution in [0, 0.1) is 11.6 Å². The number of ether oxygens (including phenoxy) is 1. The minimum absolute atomic E-state index is 0.0135. The third kappa shape index (κ3) is 3.42. The van der Waals surface area contributed by atoms with Gasteiger partial charge in [0.1, 0.15) is 23.2 Å². The summed E-state index contributed by atoms with van der Waals surface area (Å²) in [4.78, 5) is 9.12. The summed E-state index contributed by atoms with van der Waals surface area (Å²) in [7, 11) is 1.59. The van der Waals surface area contributed by atoms with Gasteiger partial charge in [-0.05, 0) is 48.5 Å². The van der Waals surface area contributed by atoms with Crippen molar-refractivity contribution in [1.82, 2.24) is 9.97 Å². The zero-order chi connectivity index (χ0) is 18.8. The quantitative estimate of drug-likeness (QED) is 0.533. The molecule has 0 aliphatic carbocycles. The van der Waals surface area contributed by atoms with E-state index in [4.69, 9.17) is 4.74 Å². The monoisotopic (exact) mass is 363 g/mol. The molecule has 4 aromatic rings. The van der Waals surface area contributed by atoms with Gasteiger partial charge in [0.2, 0.25) is 0 Å². The largest absolute Gasteiger partial charge is 0.497 e. The van der Waals surface area contributed by atoms with Gasteiger partial charge >= 0.3 is 0 Å². The average Bonchev–Trinajstić information content (AvgIpc) is 2.70. The number of rotatable bonds is 4. The van der Waals surface area contributed by atoms with Crippen LogP contribution >= 0.6 is 0 Å². The molecule has 4 nitrogen and oxygen atoms in total. The zero-order valence-corrected chi connectivity index (χ0v) is 14.4. The van der Waals surface area contributed by atoms with Crippen LogP contribution in [0.2, 0.25) is 0 Å². The average molecular weight is 363 g/mol. The summed E-state index contributed by atoms with van der Waals surface area (Å²) in [5.41, 5.74) is 1.49. The maximum Gasteiger partial charge on any atom is 0.162 e. The van der Waals surface area contributed by atoms with Crippen molar-refractivity contribution >= 4 is 22.4 Å². The van der Waals surface area contributed by atoms with E-state index in [-0.39, 0.29) is 5.69 Å². The van der Waals surface area contributed by atoms with E-state index >= 15 is 0 Å². The van der Waals surface area contributed by atoms with E-state index in [1.165, 1.54) is 0 Å². The van der Waals surface area contributed by atoms with Crippen LogP contribution < -0.4 is 10.1 Å². The number of nitrogens with zero attached hydrogens (tertiary/aromatic N) is 2. The Labute approximate surface area is 154 Å². The molecule has 0 aliphatic rings. The van der Waals surface area contributed by atoms with E-state index in [0.717, 1.165) is 29.5 Å². The van der Waals surface area contributed by atoms with Crippen molar-refractivity contribution in [2.24, 2.45) is 0 Å². The molecule has 0 atom stereocenters. The fourth-order valence-electron chi connectivity index (χ4n) is 2.76. The second kappa shape index (κ2) is 6.99. The lowest BCUT2D eigenvalue weighted by Gasteiger charge is -2.12. The van der Waals surface area contributed by atoms with Crippen LogP contribution in [0.5, 0.6) is 5.75 Å². The Balaban J connectivity index is 1.84. The molecule has 0 amide bonds. The minimum Gasteiger partial charge on any atom is -0.497 e. The molecular formula is C21H15F2N3O. The molecule has 1 heterocycles. The Kier molecular flexibility index (Phi) is 4.38. The maximum atomic E-state index is 14.1. The normalized spacial score (nSPS) is 10.8. The molecule has 0 radical (unpaired) electrons. The Morgan fingerprint density at radius 2 is 1.67 bits per heavy atom. The van der Waals surface area contributed by atoms with Crippen LogP contribution in [0.3, 0.4) is 0 Å². The first-order chi connectivity index (χ1) is 13.1.